The van der Waals surface area contributed by atoms with Gasteiger partial charge in [0.15, 0.2) is 0 Å². The van der Waals surface area contributed by atoms with Crippen LogP contribution in [0.4, 0.5) is 0 Å². The Morgan fingerprint density at radius 2 is 1.56 bits per heavy atom. The van der Waals surface area contributed by atoms with Gasteiger partial charge in [0.1, 0.15) is 0 Å². The molecule has 1 unspecified atom stereocenters. The van der Waals surface area contributed by atoms with Crippen molar-refractivity contribution < 1.29 is 8.42 Å². The van der Waals surface area contributed by atoms with Crippen LogP contribution in [0.2, 0.25) is 0 Å². The molecule has 0 aliphatic rings. The van der Waals surface area contributed by atoms with Gasteiger partial charge in [-0.2, -0.15) is 0 Å². The van der Waals surface area contributed by atoms with Gasteiger partial charge < -0.3 is 5.73 Å². The van der Waals surface area contributed by atoms with Gasteiger partial charge in [0.25, 0.3) is 0 Å². The van der Waals surface area contributed by atoms with Crippen molar-refractivity contribution in [2.75, 3.05) is 12.3 Å². The van der Waals surface area contributed by atoms with Crippen LogP contribution in [0, 0.1) is 10.8 Å². The highest BCUT2D eigenvalue weighted by Crippen LogP contribution is 2.20. The molecule has 0 rings (SSSR count). The van der Waals surface area contributed by atoms with Crippen molar-refractivity contribution in [2.45, 2.75) is 60.4 Å². The molecule has 1 atom stereocenters. The van der Waals surface area contributed by atoms with Crippen molar-refractivity contribution in [3.8, 4) is 0 Å². The van der Waals surface area contributed by atoms with Gasteiger partial charge >= 0.3 is 0 Å². The molecule has 3 N–H and O–H groups in total. The molecular formula is C13H30N2O2S. The quantitative estimate of drug-likeness (QED) is 0.781. The van der Waals surface area contributed by atoms with Crippen LogP contribution in [0.25, 0.3) is 0 Å². The molecule has 0 aromatic heterocycles. The summed E-state index contributed by atoms with van der Waals surface area (Å²) in [5.74, 6) is 0.165. The molecule has 0 aromatic carbocycles. The molecule has 110 valence electrons. The first-order chi connectivity index (χ1) is 7.81. The van der Waals surface area contributed by atoms with Crippen molar-refractivity contribution >= 4 is 10.0 Å². The number of rotatable bonds is 6. The van der Waals surface area contributed by atoms with Gasteiger partial charge in [-0.3, -0.25) is 0 Å². The number of sulfonamides is 1. The SMILES string of the molecule is CC(C)(C)CCS(=O)(=O)NCC(N)CC(C)(C)C. The smallest absolute Gasteiger partial charge is 0.211 e. The first-order valence-corrected chi connectivity index (χ1v) is 8.19. The molecule has 0 spiro atoms. The van der Waals surface area contributed by atoms with E-state index in [1.807, 2.05) is 20.8 Å². The van der Waals surface area contributed by atoms with Crippen molar-refractivity contribution in [3.63, 3.8) is 0 Å². The molecule has 0 aliphatic heterocycles. The summed E-state index contributed by atoms with van der Waals surface area (Å²) in [5, 5.41) is 0. The van der Waals surface area contributed by atoms with E-state index < -0.39 is 10.0 Å². The summed E-state index contributed by atoms with van der Waals surface area (Å²) in [6.07, 6.45) is 1.45. The van der Waals surface area contributed by atoms with Gasteiger partial charge in [0.05, 0.1) is 5.75 Å². The summed E-state index contributed by atoms with van der Waals surface area (Å²) >= 11 is 0. The molecule has 0 saturated carbocycles. The number of nitrogens with two attached hydrogens (primary N) is 1. The molecule has 18 heavy (non-hydrogen) atoms. The van der Waals surface area contributed by atoms with Crippen molar-refractivity contribution in [3.05, 3.63) is 0 Å². The van der Waals surface area contributed by atoms with Gasteiger partial charge in [-0.15, -0.1) is 0 Å². The van der Waals surface area contributed by atoms with E-state index in [1.165, 1.54) is 0 Å². The fourth-order valence-corrected chi connectivity index (χ4v) is 3.10. The van der Waals surface area contributed by atoms with Crippen LogP contribution in [-0.2, 0) is 10.0 Å². The third-order valence-electron chi connectivity index (χ3n) is 2.56. The zero-order valence-corrected chi connectivity index (χ0v) is 13.5. The number of nitrogens with one attached hydrogen (secondary N) is 1. The van der Waals surface area contributed by atoms with Crippen LogP contribution in [0.3, 0.4) is 0 Å². The average molecular weight is 278 g/mol. The van der Waals surface area contributed by atoms with Crippen LogP contribution in [0.1, 0.15) is 54.4 Å². The largest absolute Gasteiger partial charge is 0.326 e. The van der Waals surface area contributed by atoms with Crippen molar-refractivity contribution in [2.24, 2.45) is 16.6 Å². The summed E-state index contributed by atoms with van der Waals surface area (Å²) in [6, 6.07) is -0.130. The molecule has 4 nitrogen and oxygen atoms in total. The molecular weight excluding hydrogens is 248 g/mol. The summed E-state index contributed by atoms with van der Waals surface area (Å²) in [7, 11) is -3.20. The van der Waals surface area contributed by atoms with Gasteiger partial charge in [-0.1, -0.05) is 41.5 Å². The van der Waals surface area contributed by atoms with Crippen LogP contribution in [0.5, 0.6) is 0 Å². The van der Waals surface area contributed by atoms with Crippen LogP contribution in [-0.4, -0.2) is 26.8 Å². The lowest BCUT2D eigenvalue weighted by atomic mass is 9.88. The molecule has 0 heterocycles. The Hall–Kier alpha value is -0.130. The van der Waals surface area contributed by atoms with E-state index in [0.717, 1.165) is 6.42 Å². The number of hydrogen-bond donors (Lipinski definition) is 2. The van der Waals surface area contributed by atoms with Crippen LogP contribution >= 0.6 is 0 Å². The van der Waals surface area contributed by atoms with Crippen molar-refractivity contribution in [1.29, 1.82) is 0 Å². The topological polar surface area (TPSA) is 72.2 Å². The highest BCUT2D eigenvalue weighted by Gasteiger charge is 2.20. The third kappa shape index (κ3) is 11.0. The predicted octanol–water partition coefficient (Wildman–Crippen LogP) is 2.11. The minimum Gasteiger partial charge on any atom is -0.326 e. The minimum absolute atomic E-state index is 0.0300. The second-order valence-corrected chi connectivity index (χ2v) is 9.43. The molecule has 0 aliphatic carbocycles. The molecule has 0 bridgehead atoms. The maximum atomic E-state index is 11.8. The second kappa shape index (κ2) is 6.35. The van der Waals surface area contributed by atoms with Gasteiger partial charge in [-0.25, -0.2) is 13.1 Å². The number of hydrogen-bond acceptors (Lipinski definition) is 3. The summed E-state index contributed by atoms with van der Waals surface area (Å²) in [4.78, 5) is 0. The molecule has 0 amide bonds. The molecule has 0 radical (unpaired) electrons. The Kier molecular flexibility index (Phi) is 6.30. The normalized spacial score (nSPS) is 15.7. The lowest BCUT2D eigenvalue weighted by Crippen LogP contribution is -2.40. The maximum absolute atomic E-state index is 11.8. The third-order valence-corrected chi connectivity index (χ3v) is 3.91. The first-order valence-electron chi connectivity index (χ1n) is 6.54. The van der Waals surface area contributed by atoms with E-state index in [0.29, 0.717) is 13.0 Å². The maximum Gasteiger partial charge on any atom is 0.211 e. The lowest BCUT2D eigenvalue weighted by Gasteiger charge is -2.23. The van der Waals surface area contributed by atoms with Crippen LogP contribution < -0.4 is 10.5 Å². The molecule has 0 aromatic rings. The van der Waals surface area contributed by atoms with Gasteiger partial charge in [0.2, 0.25) is 10.0 Å². The summed E-state index contributed by atoms with van der Waals surface area (Å²) in [6.45, 7) is 12.7. The molecule has 0 fully saturated rings. The Bertz CT molecular complexity index is 337. The minimum atomic E-state index is -3.20. The van der Waals surface area contributed by atoms with Gasteiger partial charge in [-0.05, 0) is 23.7 Å². The van der Waals surface area contributed by atoms with E-state index in [4.69, 9.17) is 5.73 Å². The Morgan fingerprint density at radius 1 is 1.06 bits per heavy atom. The fourth-order valence-electron chi connectivity index (χ4n) is 1.61. The van der Waals surface area contributed by atoms with E-state index in [1.54, 1.807) is 0 Å². The van der Waals surface area contributed by atoms with E-state index in [-0.39, 0.29) is 22.6 Å². The van der Waals surface area contributed by atoms with E-state index >= 15 is 0 Å². The zero-order valence-electron chi connectivity index (χ0n) is 12.7. The first kappa shape index (κ1) is 17.9. The lowest BCUT2D eigenvalue weighted by molar-refractivity contribution is 0.338. The Balaban J connectivity index is 4.12. The Morgan fingerprint density at radius 3 is 1.94 bits per heavy atom. The van der Waals surface area contributed by atoms with E-state index in [9.17, 15) is 8.42 Å². The zero-order chi connectivity index (χ0) is 14.6. The van der Waals surface area contributed by atoms with E-state index in [2.05, 4.69) is 25.5 Å². The predicted molar refractivity (Wildman–Crippen MR) is 77.9 cm³/mol. The highest BCUT2D eigenvalue weighted by molar-refractivity contribution is 7.89. The van der Waals surface area contributed by atoms with Gasteiger partial charge in [0, 0.05) is 12.6 Å². The average Bonchev–Trinajstić information content (AvgIpc) is 2.08. The fraction of sp³-hybridized carbons (Fsp3) is 1.00. The standard InChI is InChI=1S/C13H30N2O2S/c1-12(2,3)7-8-18(16,17)15-10-11(14)9-13(4,5)6/h11,15H,7-10,14H2,1-6H3. The van der Waals surface area contributed by atoms with Crippen molar-refractivity contribution in [1.82, 2.24) is 4.72 Å². The monoisotopic (exact) mass is 278 g/mol. The summed E-state index contributed by atoms with van der Waals surface area (Å²) in [5.41, 5.74) is 6.07. The summed E-state index contributed by atoms with van der Waals surface area (Å²) < 4.78 is 26.2. The highest BCUT2D eigenvalue weighted by atomic mass is 32.2. The van der Waals surface area contributed by atoms with Crippen LogP contribution in [0.15, 0.2) is 0 Å². The molecule has 5 heteroatoms. The molecule has 0 saturated heterocycles. The Labute approximate surface area is 113 Å². The second-order valence-electron chi connectivity index (χ2n) is 7.50.